The maximum Gasteiger partial charge on any atom is 0.223 e. The number of amides is 1. The minimum absolute atomic E-state index is 0.00620. The van der Waals surface area contributed by atoms with E-state index in [1.165, 1.54) is 0 Å². The average molecular weight is 504 g/mol. The van der Waals surface area contributed by atoms with Crippen molar-refractivity contribution in [2.75, 3.05) is 20.3 Å². The molecule has 0 aliphatic heterocycles. The van der Waals surface area contributed by atoms with Crippen LogP contribution in [0.4, 0.5) is 0 Å². The third-order valence-corrected chi connectivity index (χ3v) is 10.7. The summed E-state index contributed by atoms with van der Waals surface area (Å²) in [7, 11) is 1.63. The van der Waals surface area contributed by atoms with Crippen LogP contribution in [0.15, 0.2) is 24.3 Å². The lowest BCUT2D eigenvalue weighted by Gasteiger charge is -2.60. The van der Waals surface area contributed by atoms with E-state index < -0.39 is 28.6 Å². The van der Waals surface area contributed by atoms with E-state index in [0.29, 0.717) is 38.8 Å². The van der Waals surface area contributed by atoms with E-state index in [1.54, 1.807) is 19.3 Å². The van der Waals surface area contributed by atoms with Gasteiger partial charge in [0.05, 0.1) is 24.4 Å². The standard InChI is InChI=1S/C29H45NO6/c1-6-7-8-26(34)30(13-14-36-5)18(2)19-10-12-29(35)21-15-23(31)22-16-24(32)25(33)17-27(22,3)20(21)9-11-28(19,29)4/h6,15,18-20,22,24-25,32-33,35H,1,7-14,16-17H2,2-5H3/t18?,19-,20?,22+,24-,25+,27-,28-,29-/m1/s1. The van der Waals surface area contributed by atoms with Crippen LogP contribution in [0, 0.1) is 28.6 Å². The first-order chi connectivity index (χ1) is 16.9. The predicted molar refractivity (Wildman–Crippen MR) is 137 cm³/mol. The molecule has 4 aliphatic carbocycles. The molecule has 1 amide bonds. The minimum Gasteiger partial charge on any atom is -0.390 e. The van der Waals surface area contributed by atoms with Crippen molar-refractivity contribution in [3.63, 3.8) is 0 Å². The topological polar surface area (TPSA) is 107 Å². The second-order valence-corrected chi connectivity index (χ2v) is 12.3. The van der Waals surface area contributed by atoms with Gasteiger partial charge in [-0.15, -0.1) is 6.58 Å². The summed E-state index contributed by atoms with van der Waals surface area (Å²) in [5.74, 6) is -0.225. The number of fused-ring (bicyclic) bond motifs is 5. The van der Waals surface area contributed by atoms with Gasteiger partial charge >= 0.3 is 0 Å². The first kappa shape index (κ1) is 27.5. The number of methoxy groups -OCH3 is 1. The first-order valence-corrected chi connectivity index (χ1v) is 13.7. The number of hydrogen-bond donors (Lipinski definition) is 3. The Balaban J connectivity index is 1.65. The molecule has 0 spiro atoms. The van der Waals surface area contributed by atoms with E-state index in [0.717, 1.165) is 24.8 Å². The summed E-state index contributed by atoms with van der Waals surface area (Å²) in [4.78, 5) is 28.4. The number of rotatable bonds is 8. The lowest BCUT2D eigenvalue weighted by molar-refractivity contribution is -0.154. The molecule has 0 saturated heterocycles. The molecule has 0 bridgehead atoms. The van der Waals surface area contributed by atoms with Crippen molar-refractivity contribution in [3.05, 3.63) is 24.3 Å². The van der Waals surface area contributed by atoms with Crippen molar-refractivity contribution in [2.45, 2.75) is 96.0 Å². The van der Waals surface area contributed by atoms with E-state index >= 15 is 0 Å². The molecule has 3 N–H and O–H groups in total. The van der Waals surface area contributed by atoms with E-state index in [1.807, 2.05) is 4.90 Å². The summed E-state index contributed by atoms with van der Waals surface area (Å²) in [6.45, 7) is 11.0. The Morgan fingerprint density at radius 1 is 1.25 bits per heavy atom. The molecule has 7 nitrogen and oxygen atoms in total. The Morgan fingerprint density at radius 3 is 2.64 bits per heavy atom. The molecule has 0 aromatic carbocycles. The van der Waals surface area contributed by atoms with E-state index in [2.05, 4.69) is 27.4 Å². The molecule has 0 aromatic heterocycles. The van der Waals surface area contributed by atoms with Crippen LogP contribution in [-0.2, 0) is 14.3 Å². The van der Waals surface area contributed by atoms with E-state index in [4.69, 9.17) is 4.74 Å². The third-order valence-electron chi connectivity index (χ3n) is 10.7. The fourth-order valence-corrected chi connectivity index (χ4v) is 8.52. The van der Waals surface area contributed by atoms with Crippen molar-refractivity contribution >= 4 is 11.7 Å². The van der Waals surface area contributed by atoms with Gasteiger partial charge in [-0.25, -0.2) is 0 Å². The molecular weight excluding hydrogens is 458 g/mol. The molecule has 2 unspecified atom stereocenters. The van der Waals surface area contributed by atoms with Gasteiger partial charge in [0.2, 0.25) is 5.91 Å². The average Bonchev–Trinajstić information content (AvgIpc) is 3.11. The number of carbonyl (C=O) groups excluding carboxylic acids is 2. The summed E-state index contributed by atoms with van der Waals surface area (Å²) in [6.07, 6.45) is 6.30. The number of nitrogens with zero attached hydrogens (tertiary/aromatic N) is 1. The first-order valence-electron chi connectivity index (χ1n) is 13.7. The van der Waals surface area contributed by atoms with Crippen molar-refractivity contribution in [1.82, 2.24) is 4.90 Å². The minimum atomic E-state index is -1.13. The Labute approximate surface area is 215 Å². The van der Waals surface area contributed by atoms with Crippen LogP contribution in [-0.4, -0.2) is 76.0 Å². The third kappa shape index (κ3) is 4.11. The summed E-state index contributed by atoms with van der Waals surface area (Å²) in [5, 5.41) is 33.2. The lowest BCUT2D eigenvalue weighted by atomic mass is 9.46. The predicted octanol–water partition coefficient (Wildman–Crippen LogP) is 3.02. The fourth-order valence-electron chi connectivity index (χ4n) is 8.52. The highest BCUT2D eigenvalue weighted by molar-refractivity contribution is 5.95. The normalized spacial score (nSPS) is 42.6. The number of ketones is 1. The highest BCUT2D eigenvalue weighted by Crippen LogP contribution is 2.67. The molecule has 7 heteroatoms. The number of ether oxygens (including phenoxy) is 1. The van der Waals surface area contributed by atoms with E-state index in [-0.39, 0.29) is 41.9 Å². The van der Waals surface area contributed by atoms with Crippen LogP contribution in [0.5, 0.6) is 0 Å². The molecular formula is C29H45NO6. The maximum absolute atomic E-state index is 13.4. The molecule has 9 atom stereocenters. The summed E-state index contributed by atoms with van der Waals surface area (Å²) in [5.41, 5.74) is -1.27. The molecule has 0 radical (unpaired) electrons. The molecule has 0 heterocycles. The van der Waals surface area contributed by atoms with Crippen LogP contribution >= 0.6 is 0 Å². The summed E-state index contributed by atoms with van der Waals surface area (Å²) >= 11 is 0. The van der Waals surface area contributed by atoms with Gasteiger partial charge in [-0.3, -0.25) is 9.59 Å². The van der Waals surface area contributed by atoms with Gasteiger partial charge in [-0.2, -0.15) is 0 Å². The zero-order valence-corrected chi connectivity index (χ0v) is 22.4. The molecule has 202 valence electrons. The van der Waals surface area contributed by atoms with Crippen LogP contribution in [0.1, 0.15) is 72.1 Å². The molecule has 3 fully saturated rings. The van der Waals surface area contributed by atoms with Crippen molar-refractivity contribution < 1.29 is 29.6 Å². The Bertz CT molecular complexity index is 917. The smallest absolute Gasteiger partial charge is 0.223 e. The quantitative estimate of drug-likeness (QED) is 0.440. The van der Waals surface area contributed by atoms with Gasteiger partial charge in [-0.1, -0.05) is 19.9 Å². The summed E-state index contributed by atoms with van der Waals surface area (Å²) < 4.78 is 5.30. The van der Waals surface area contributed by atoms with Crippen molar-refractivity contribution in [1.29, 1.82) is 0 Å². The number of carbonyl (C=O) groups is 2. The highest BCUT2D eigenvalue weighted by atomic mass is 16.5. The van der Waals surface area contributed by atoms with Gasteiger partial charge in [0.1, 0.15) is 0 Å². The Morgan fingerprint density at radius 2 is 1.97 bits per heavy atom. The van der Waals surface area contributed by atoms with Gasteiger partial charge in [0, 0.05) is 37.5 Å². The van der Waals surface area contributed by atoms with Crippen LogP contribution in [0.2, 0.25) is 0 Å². The molecule has 0 aromatic rings. The molecule has 3 saturated carbocycles. The van der Waals surface area contributed by atoms with Gasteiger partial charge in [-0.05, 0) is 80.8 Å². The van der Waals surface area contributed by atoms with Gasteiger partial charge < -0.3 is 25.0 Å². The van der Waals surface area contributed by atoms with Crippen LogP contribution < -0.4 is 0 Å². The second kappa shape index (κ2) is 9.97. The number of hydrogen-bond acceptors (Lipinski definition) is 6. The van der Waals surface area contributed by atoms with Crippen LogP contribution in [0.25, 0.3) is 0 Å². The molecule has 4 aliphatic rings. The number of aliphatic hydroxyl groups is 3. The molecule has 36 heavy (non-hydrogen) atoms. The highest BCUT2D eigenvalue weighted by Gasteiger charge is 2.67. The fraction of sp³-hybridized carbons (Fsp3) is 0.793. The Kier molecular flexibility index (Phi) is 7.62. The Hall–Kier alpha value is -1.54. The zero-order valence-electron chi connectivity index (χ0n) is 22.4. The zero-order chi connectivity index (χ0) is 26.5. The van der Waals surface area contributed by atoms with Gasteiger partial charge in [0.15, 0.2) is 5.78 Å². The van der Waals surface area contributed by atoms with Crippen molar-refractivity contribution in [3.8, 4) is 0 Å². The SMILES string of the molecule is C=CCCC(=O)N(CCOC)C(C)[C@H]1CC[C@@]2(O)C3=CC(=O)[C@@H]4C[C@@H](O)[C@@H](O)C[C@]4(C)C3CC[C@]12C. The second-order valence-electron chi connectivity index (χ2n) is 12.3. The summed E-state index contributed by atoms with van der Waals surface area (Å²) in [6, 6.07) is -0.0806. The van der Waals surface area contributed by atoms with E-state index in [9.17, 15) is 24.9 Å². The number of aliphatic hydroxyl groups excluding tert-OH is 2. The van der Waals surface area contributed by atoms with Gasteiger partial charge in [0.25, 0.3) is 0 Å². The van der Waals surface area contributed by atoms with Crippen molar-refractivity contribution in [2.24, 2.45) is 28.6 Å². The molecule has 4 rings (SSSR count). The largest absolute Gasteiger partial charge is 0.390 e. The monoisotopic (exact) mass is 503 g/mol. The maximum atomic E-state index is 13.4. The van der Waals surface area contributed by atoms with Crippen LogP contribution in [0.3, 0.4) is 0 Å². The lowest BCUT2D eigenvalue weighted by Crippen LogP contribution is -2.61. The number of allylic oxidation sites excluding steroid dienone is 2.